The molecule has 2 aromatic rings. The van der Waals surface area contributed by atoms with E-state index in [1.54, 1.807) is 0 Å². The number of nitrogens with one attached hydrogen (secondary N) is 2. The standard InChI is InChI=1S/C18H22N2O2S/c1-14-5-4-6-15(11-14)13-23(21,22)20-12-18-17-8-3-2-7-16(17)9-10-19-18/h2-8,11,18-20H,9-10,12-13H2,1H3. The molecule has 1 aliphatic heterocycles. The Morgan fingerprint density at radius 3 is 2.83 bits per heavy atom. The third kappa shape index (κ3) is 4.19. The molecule has 1 heterocycles. The Bertz CT molecular complexity index is 787. The van der Waals surface area contributed by atoms with Crippen LogP contribution in [0.25, 0.3) is 0 Å². The molecule has 0 saturated heterocycles. The van der Waals surface area contributed by atoms with Gasteiger partial charge in [0.1, 0.15) is 0 Å². The molecule has 5 heteroatoms. The SMILES string of the molecule is Cc1cccc(CS(=O)(=O)NCC2NCCc3ccccc32)c1. The second-order valence-electron chi connectivity index (χ2n) is 6.05. The van der Waals surface area contributed by atoms with Crippen LogP contribution in [0.4, 0.5) is 0 Å². The number of rotatable bonds is 5. The summed E-state index contributed by atoms with van der Waals surface area (Å²) in [6, 6.07) is 15.9. The highest BCUT2D eigenvalue weighted by molar-refractivity contribution is 7.88. The number of benzene rings is 2. The van der Waals surface area contributed by atoms with E-state index in [0.29, 0.717) is 6.54 Å². The van der Waals surface area contributed by atoms with Crippen LogP contribution in [0.5, 0.6) is 0 Å². The fourth-order valence-electron chi connectivity index (χ4n) is 3.06. The molecular formula is C18H22N2O2S. The fraction of sp³-hybridized carbons (Fsp3) is 0.333. The highest BCUT2D eigenvalue weighted by Crippen LogP contribution is 2.22. The van der Waals surface area contributed by atoms with E-state index >= 15 is 0 Å². The zero-order valence-corrected chi connectivity index (χ0v) is 14.1. The number of sulfonamides is 1. The number of fused-ring (bicyclic) bond motifs is 1. The highest BCUT2D eigenvalue weighted by atomic mass is 32.2. The van der Waals surface area contributed by atoms with Crippen molar-refractivity contribution in [3.63, 3.8) is 0 Å². The number of hydrogen-bond donors (Lipinski definition) is 2. The smallest absolute Gasteiger partial charge is 0.215 e. The lowest BCUT2D eigenvalue weighted by Gasteiger charge is -2.27. The second kappa shape index (κ2) is 6.83. The van der Waals surface area contributed by atoms with Crippen molar-refractivity contribution >= 4 is 10.0 Å². The van der Waals surface area contributed by atoms with Crippen molar-refractivity contribution in [2.75, 3.05) is 13.1 Å². The quantitative estimate of drug-likeness (QED) is 0.884. The van der Waals surface area contributed by atoms with Gasteiger partial charge in [-0.3, -0.25) is 0 Å². The van der Waals surface area contributed by atoms with E-state index < -0.39 is 10.0 Å². The summed E-state index contributed by atoms with van der Waals surface area (Å²) in [5, 5.41) is 3.39. The van der Waals surface area contributed by atoms with Gasteiger partial charge in [0.15, 0.2) is 0 Å². The first-order valence-electron chi connectivity index (χ1n) is 7.87. The molecule has 0 amide bonds. The van der Waals surface area contributed by atoms with Crippen molar-refractivity contribution in [3.05, 3.63) is 70.8 Å². The molecule has 0 aromatic heterocycles. The van der Waals surface area contributed by atoms with E-state index in [1.807, 2.05) is 43.3 Å². The summed E-state index contributed by atoms with van der Waals surface area (Å²) in [5.41, 5.74) is 4.38. The van der Waals surface area contributed by atoms with E-state index in [-0.39, 0.29) is 11.8 Å². The molecule has 122 valence electrons. The molecule has 0 saturated carbocycles. The maximum Gasteiger partial charge on any atom is 0.215 e. The van der Waals surface area contributed by atoms with Gasteiger partial charge in [-0.1, -0.05) is 54.1 Å². The van der Waals surface area contributed by atoms with E-state index in [2.05, 4.69) is 22.2 Å². The van der Waals surface area contributed by atoms with Crippen molar-refractivity contribution in [1.82, 2.24) is 10.0 Å². The van der Waals surface area contributed by atoms with Gasteiger partial charge in [0.25, 0.3) is 0 Å². The number of aryl methyl sites for hydroxylation is 1. The summed E-state index contributed by atoms with van der Waals surface area (Å²) in [7, 11) is -3.34. The maximum absolute atomic E-state index is 12.3. The zero-order valence-electron chi connectivity index (χ0n) is 13.2. The fourth-order valence-corrected chi connectivity index (χ4v) is 4.20. The van der Waals surface area contributed by atoms with Crippen LogP contribution in [0, 0.1) is 6.92 Å². The van der Waals surface area contributed by atoms with Gasteiger partial charge in [0, 0.05) is 12.6 Å². The van der Waals surface area contributed by atoms with Crippen LogP contribution in [0.15, 0.2) is 48.5 Å². The Labute approximate surface area is 138 Å². The molecule has 0 aliphatic carbocycles. The summed E-state index contributed by atoms with van der Waals surface area (Å²) in [5.74, 6) is 0.0169. The minimum atomic E-state index is -3.34. The van der Waals surface area contributed by atoms with Gasteiger partial charge in [0.05, 0.1) is 5.75 Å². The van der Waals surface area contributed by atoms with Crippen LogP contribution in [-0.4, -0.2) is 21.5 Å². The van der Waals surface area contributed by atoms with Gasteiger partial charge in [-0.25, -0.2) is 13.1 Å². The maximum atomic E-state index is 12.3. The van der Waals surface area contributed by atoms with Gasteiger partial charge >= 0.3 is 0 Å². The van der Waals surface area contributed by atoms with E-state index in [1.165, 1.54) is 11.1 Å². The van der Waals surface area contributed by atoms with Crippen molar-refractivity contribution < 1.29 is 8.42 Å². The number of hydrogen-bond acceptors (Lipinski definition) is 3. The molecule has 23 heavy (non-hydrogen) atoms. The van der Waals surface area contributed by atoms with Crippen LogP contribution in [0.3, 0.4) is 0 Å². The van der Waals surface area contributed by atoms with Gasteiger partial charge < -0.3 is 5.32 Å². The van der Waals surface area contributed by atoms with Crippen LogP contribution < -0.4 is 10.0 Å². The van der Waals surface area contributed by atoms with Crippen molar-refractivity contribution in [2.45, 2.75) is 25.1 Å². The summed E-state index contributed by atoms with van der Waals surface area (Å²) in [4.78, 5) is 0. The average molecular weight is 330 g/mol. The van der Waals surface area contributed by atoms with Crippen molar-refractivity contribution in [3.8, 4) is 0 Å². The second-order valence-corrected chi connectivity index (χ2v) is 7.86. The van der Waals surface area contributed by atoms with E-state index in [4.69, 9.17) is 0 Å². The molecule has 0 spiro atoms. The molecule has 0 fully saturated rings. The third-order valence-electron chi connectivity index (χ3n) is 4.16. The van der Waals surface area contributed by atoms with E-state index in [0.717, 1.165) is 24.1 Å². The molecular weight excluding hydrogens is 308 g/mol. The Hall–Kier alpha value is -1.69. The van der Waals surface area contributed by atoms with Crippen molar-refractivity contribution in [2.24, 2.45) is 0 Å². The third-order valence-corrected chi connectivity index (χ3v) is 5.48. The van der Waals surface area contributed by atoms with Gasteiger partial charge in [-0.05, 0) is 36.6 Å². The molecule has 1 unspecified atom stereocenters. The normalized spacial score (nSPS) is 17.7. The zero-order chi connectivity index (χ0) is 16.3. The molecule has 4 nitrogen and oxygen atoms in total. The summed E-state index contributed by atoms with van der Waals surface area (Å²) < 4.78 is 27.4. The summed E-state index contributed by atoms with van der Waals surface area (Å²) in [6.07, 6.45) is 0.989. The topological polar surface area (TPSA) is 58.2 Å². The van der Waals surface area contributed by atoms with Crippen LogP contribution in [0.2, 0.25) is 0 Å². The summed E-state index contributed by atoms with van der Waals surface area (Å²) >= 11 is 0. The highest BCUT2D eigenvalue weighted by Gasteiger charge is 2.21. The molecule has 1 aliphatic rings. The Kier molecular flexibility index (Phi) is 4.80. The van der Waals surface area contributed by atoms with Gasteiger partial charge in [0.2, 0.25) is 10.0 Å². The molecule has 2 aromatic carbocycles. The largest absolute Gasteiger partial charge is 0.308 e. The van der Waals surface area contributed by atoms with Crippen LogP contribution in [0.1, 0.15) is 28.3 Å². The monoisotopic (exact) mass is 330 g/mol. The first-order valence-corrected chi connectivity index (χ1v) is 9.53. The average Bonchev–Trinajstić information content (AvgIpc) is 2.52. The lowest BCUT2D eigenvalue weighted by atomic mass is 9.95. The minimum Gasteiger partial charge on any atom is -0.308 e. The summed E-state index contributed by atoms with van der Waals surface area (Å²) in [6.45, 7) is 3.22. The Morgan fingerprint density at radius 1 is 1.17 bits per heavy atom. The molecule has 1 atom stereocenters. The van der Waals surface area contributed by atoms with Gasteiger partial charge in [-0.15, -0.1) is 0 Å². The Morgan fingerprint density at radius 2 is 2.00 bits per heavy atom. The first kappa shape index (κ1) is 16.2. The van der Waals surface area contributed by atoms with Crippen molar-refractivity contribution in [1.29, 1.82) is 0 Å². The lowest BCUT2D eigenvalue weighted by molar-refractivity contribution is 0.491. The van der Waals surface area contributed by atoms with E-state index in [9.17, 15) is 8.42 Å². The minimum absolute atomic E-state index is 0.0169. The van der Waals surface area contributed by atoms with Gasteiger partial charge in [-0.2, -0.15) is 0 Å². The molecule has 0 bridgehead atoms. The predicted molar refractivity (Wildman–Crippen MR) is 92.7 cm³/mol. The molecule has 2 N–H and O–H groups in total. The Balaban J connectivity index is 1.66. The molecule has 3 rings (SSSR count). The molecule has 0 radical (unpaired) electrons. The lowest BCUT2D eigenvalue weighted by Crippen LogP contribution is -2.39. The van der Waals surface area contributed by atoms with Crippen LogP contribution >= 0.6 is 0 Å². The first-order chi connectivity index (χ1) is 11.0. The predicted octanol–water partition coefficient (Wildman–Crippen LogP) is 2.30. The van der Waals surface area contributed by atoms with Crippen LogP contribution in [-0.2, 0) is 22.2 Å².